The van der Waals surface area contributed by atoms with Gasteiger partial charge in [0.25, 0.3) is 0 Å². The lowest BCUT2D eigenvalue weighted by Crippen LogP contribution is -2.91. The monoisotopic (exact) mass is 574 g/mol. The van der Waals surface area contributed by atoms with E-state index >= 15 is 0 Å². The van der Waals surface area contributed by atoms with Crippen LogP contribution in [0.1, 0.15) is 57.1 Å². The largest absolute Gasteiger partial charge is 0.477 e. The van der Waals surface area contributed by atoms with Crippen molar-refractivity contribution in [1.82, 2.24) is 0 Å². The first-order chi connectivity index (χ1) is 18.7. The molecule has 4 aliphatic heterocycles. The number of ether oxygens (including phenoxy) is 3. The topological polar surface area (TPSA) is 160 Å². The lowest BCUT2D eigenvalue weighted by atomic mass is 9.66. The van der Waals surface area contributed by atoms with Crippen molar-refractivity contribution >= 4 is 29.1 Å². The van der Waals surface area contributed by atoms with E-state index in [-0.39, 0.29) is 16.4 Å². The minimum absolute atomic E-state index is 0.00198. The van der Waals surface area contributed by atoms with Crippen LogP contribution < -0.4 is 10.2 Å². The number of benzene rings is 2. The van der Waals surface area contributed by atoms with Gasteiger partial charge in [0.15, 0.2) is 15.4 Å². The molecule has 2 aromatic carbocycles. The van der Waals surface area contributed by atoms with E-state index in [0.29, 0.717) is 17.4 Å². The van der Waals surface area contributed by atoms with E-state index in [9.17, 15) is 33.6 Å². The maximum Gasteiger partial charge on any atom is 0.367 e. The molecule has 10 nitrogen and oxygen atoms in total. The van der Waals surface area contributed by atoms with Crippen LogP contribution in [0.25, 0.3) is 0 Å². The van der Waals surface area contributed by atoms with Crippen LogP contribution in [0.15, 0.2) is 47.4 Å². The Labute approximate surface area is 234 Å². The summed E-state index contributed by atoms with van der Waals surface area (Å²) in [6.07, 6.45) is -1.94. The van der Waals surface area contributed by atoms with Crippen LogP contribution in [0.2, 0.25) is 0 Å². The Bertz CT molecular complexity index is 1410. The number of sulfone groups is 1. The first-order valence-electron chi connectivity index (χ1n) is 13.5. The number of carbonyl (C=O) groups is 1. The molecule has 0 spiro atoms. The predicted molar refractivity (Wildman–Crippen MR) is 146 cm³/mol. The number of carboxylic acids is 1. The van der Waals surface area contributed by atoms with Gasteiger partial charge >= 0.3 is 11.8 Å². The highest BCUT2D eigenvalue weighted by Gasteiger charge is 2.84. The van der Waals surface area contributed by atoms with Crippen molar-refractivity contribution in [3.63, 3.8) is 0 Å². The summed E-state index contributed by atoms with van der Waals surface area (Å²) in [7, 11) is -2.20. The molecule has 0 saturated carbocycles. The zero-order chi connectivity index (χ0) is 29.3. The van der Waals surface area contributed by atoms with Gasteiger partial charge in [0.1, 0.15) is 25.3 Å². The molecule has 4 heterocycles. The smallest absolute Gasteiger partial charge is 0.367 e. The molecule has 6 rings (SSSR count). The second-order valence-corrected chi connectivity index (χ2v) is 13.5. The van der Waals surface area contributed by atoms with Crippen LogP contribution in [0.3, 0.4) is 0 Å². The number of hydrogen-bond acceptors (Lipinski definition) is 9. The molecule has 2 bridgehead atoms. The van der Waals surface area contributed by atoms with E-state index in [2.05, 4.69) is 0 Å². The normalized spacial score (nSPS) is 38.0. The molecule has 4 N–H and O–H groups in total. The Kier molecular flexibility index (Phi) is 7.12. The fraction of sp³-hybridized carbons (Fsp3) is 0.536. The van der Waals surface area contributed by atoms with Crippen molar-refractivity contribution in [2.75, 3.05) is 5.75 Å². The molecule has 5 unspecified atom stereocenters. The molecule has 0 aromatic heterocycles. The van der Waals surface area contributed by atoms with Gasteiger partial charge < -0.3 is 29.9 Å². The summed E-state index contributed by atoms with van der Waals surface area (Å²) < 4.78 is 44.4. The molecule has 12 heteroatoms. The molecule has 3 saturated heterocycles. The van der Waals surface area contributed by atoms with Crippen molar-refractivity contribution < 1.29 is 47.8 Å². The van der Waals surface area contributed by atoms with Gasteiger partial charge in [0.2, 0.25) is 6.29 Å². The summed E-state index contributed by atoms with van der Waals surface area (Å²) in [6, 6.07) is 12.3. The SMILES string of the molecule is Bc1cc2c(cc1OC1OC3(C(=O)O)OC(C)(C1O)C3(C)O)S(=O)(=O)C[C@@H](CCCC)[C@H](O)[C@@H]2c1ccccc1. The van der Waals surface area contributed by atoms with E-state index in [0.717, 1.165) is 18.4 Å². The third-order valence-corrected chi connectivity index (χ3v) is 10.8. The number of carboxylic acid groups (broad SMARTS) is 1. The molecular formula is C28H35BO10S. The number of fused-ring (bicyclic) bond motifs is 3. The molecule has 0 radical (unpaired) electrons. The Hall–Kier alpha value is -2.48. The maximum atomic E-state index is 13.8. The molecule has 0 amide bonds. The number of rotatable bonds is 7. The first kappa shape index (κ1) is 29.0. The van der Waals surface area contributed by atoms with Crippen LogP contribution in [-0.2, 0) is 24.1 Å². The summed E-state index contributed by atoms with van der Waals surface area (Å²) >= 11 is 0. The third-order valence-electron chi connectivity index (χ3n) is 8.91. The molecule has 0 aliphatic carbocycles. The van der Waals surface area contributed by atoms with Crippen molar-refractivity contribution in [3.05, 3.63) is 53.6 Å². The van der Waals surface area contributed by atoms with Gasteiger partial charge in [-0.05, 0) is 42.9 Å². The molecule has 3 fully saturated rings. The van der Waals surface area contributed by atoms with Crippen LogP contribution >= 0.6 is 0 Å². The van der Waals surface area contributed by atoms with Crippen molar-refractivity contribution in [3.8, 4) is 5.75 Å². The quantitative estimate of drug-likeness (QED) is 0.342. The zero-order valence-corrected chi connectivity index (χ0v) is 23.7. The molecule has 40 heavy (non-hydrogen) atoms. The van der Waals surface area contributed by atoms with Crippen molar-refractivity contribution in [2.45, 2.75) is 86.3 Å². The van der Waals surface area contributed by atoms with Crippen molar-refractivity contribution in [2.24, 2.45) is 5.92 Å². The second kappa shape index (κ2) is 9.82. The number of aliphatic hydroxyl groups is 3. The van der Waals surface area contributed by atoms with E-state index in [1.54, 1.807) is 13.9 Å². The van der Waals surface area contributed by atoms with E-state index in [1.165, 1.54) is 19.9 Å². The zero-order valence-electron chi connectivity index (χ0n) is 22.9. The highest BCUT2D eigenvalue weighted by atomic mass is 32.2. The minimum atomic E-state index is -3.89. The number of hydrogen-bond donors (Lipinski definition) is 4. The van der Waals surface area contributed by atoms with Gasteiger partial charge in [0, 0.05) is 11.8 Å². The fourth-order valence-electron chi connectivity index (χ4n) is 6.28. The molecule has 8 atom stereocenters. The molecular weight excluding hydrogens is 539 g/mol. The first-order valence-corrected chi connectivity index (χ1v) is 15.1. The van der Waals surface area contributed by atoms with Gasteiger partial charge in [-0.25, -0.2) is 13.2 Å². The highest BCUT2D eigenvalue weighted by molar-refractivity contribution is 7.91. The minimum Gasteiger partial charge on any atom is -0.477 e. The Morgan fingerprint density at radius 2 is 1.85 bits per heavy atom. The number of unbranched alkanes of at least 4 members (excludes halogenated alkanes) is 1. The number of aliphatic carboxylic acids is 1. The average Bonchev–Trinajstić information content (AvgIpc) is 2.97. The lowest BCUT2D eigenvalue weighted by molar-refractivity contribution is -0.537. The van der Waals surface area contributed by atoms with E-state index in [4.69, 9.17) is 14.2 Å². The number of aliphatic hydroxyl groups excluding tert-OH is 2. The molecule has 216 valence electrons. The maximum absolute atomic E-state index is 13.8. The van der Waals surface area contributed by atoms with Crippen molar-refractivity contribution in [1.29, 1.82) is 0 Å². The Morgan fingerprint density at radius 3 is 2.45 bits per heavy atom. The van der Waals surface area contributed by atoms with E-state index < -0.39 is 63.1 Å². The molecule has 4 aliphatic rings. The highest BCUT2D eigenvalue weighted by Crippen LogP contribution is 2.58. The van der Waals surface area contributed by atoms with Gasteiger partial charge in [-0.1, -0.05) is 56.2 Å². The van der Waals surface area contributed by atoms with E-state index in [1.807, 2.05) is 37.3 Å². The summed E-state index contributed by atoms with van der Waals surface area (Å²) in [4.78, 5) is 12.0. The van der Waals surface area contributed by atoms with Gasteiger partial charge in [-0.2, -0.15) is 0 Å². The fourth-order valence-corrected chi connectivity index (χ4v) is 8.22. The van der Waals surface area contributed by atoms with Crippen LogP contribution in [0, 0.1) is 5.92 Å². The predicted octanol–water partition coefficient (Wildman–Crippen LogP) is 0.448. The standard InChI is InChI=1S/C28H35BO10S/c1-4-5-9-16-14-40(35,36)20-13-19(18(29)12-17(20)21(22(16)30)15-10-7-6-8-11-15)37-24-23(31)26(2)27(3,34)28(38-24,39-26)25(32)33/h6-8,10-13,16,21-24,30-31,34H,4-5,9,14,29H2,1-3H3,(H,32,33)/t16-,21-,22+,23?,24?,26?,27?,28?/m1/s1. The molecule has 2 aromatic rings. The van der Waals surface area contributed by atoms with Gasteiger partial charge in [-0.15, -0.1) is 0 Å². The average molecular weight is 574 g/mol. The lowest BCUT2D eigenvalue weighted by Gasteiger charge is -2.67. The Balaban J connectivity index is 1.58. The second-order valence-electron chi connectivity index (χ2n) is 11.5. The third kappa shape index (κ3) is 4.11. The van der Waals surface area contributed by atoms with Gasteiger partial charge in [0.05, 0.1) is 16.8 Å². The summed E-state index contributed by atoms with van der Waals surface area (Å²) in [5, 5.41) is 43.1. The van der Waals surface area contributed by atoms with Crippen LogP contribution in [0.4, 0.5) is 0 Å². The van der Waals surface area contributed by atoms with Crippen LogP contribution in [-0.4, -0.2) is 83.9 Å². The summed E-state index contributed by atoms with van der Waals surface area (Å²) in [6.45, 7) is 4.57. The van der Waals surface area contributed by atoms with Gasteiger partial charge in [-0.3, -0.25) is 4.74 Å². The van der Waals surface area contributed by atoms with Crippen LogP contribution in [0.5, 0.6) is 5.75 Å². The summed E-state index contributed by atoms with van der Waals surface area (Å²) in [5.74, 6) is -5.33. The summed E-state index contributed by atoms with van der Waals surface area (Å²) in [5.41, 5.74) is -2.06. The Morgan fingerprint density at radius 1 is 1.18 bits per heavy atom.